The molecule has 0 bridgehead atoms. The molecule has 0 aromatic heterocycles. The largest absolute Gasteiger partial charge is 0.480 e. The minimum Gasteiger partial charge on any atom is -0.480 e. The number of carbonyl (C=O) groups excluding carboxylic acids is 2. The molecule has 1 aliphatic carbocycles. The summed E-state index contributed by atoms with van der Waals surface area (Å²) in [7, 11) is 3.12. The number of hydrogen-bond acceptors (Lipinski definition) is 4. The maximum atomic E-state index is 13.6. The number of benzene rings is 2. The summed E-state index contributed by atoms with van der Waals surface area (Å²) in [5.41, 5.74) is 1.27. The Bertz CT molecular complexity index is 1060. The minimum atomic E-state index is -1.16. The van der Waals surface area contributed by atoms with E-state index < -0.39 is 35.7 Å². The molecule has 0 saturated heterocycles. The molecule has 3 atom stereocenters. The van der Waals surface area contributed by atoms with E-state index in [0.717, 1.165) is 31.4 Å². The van der Waals surface area contributed by atoms with Crippen molar-refractivity contribution in [2.75, 3.05) is 14.1 Å². The third-order valence-corrected chi connectivity index (χ3v) is 6.28. The quantitative estimate of drug-likeness (QED) is 0.581. The van der Waals surface area contributed by atoms with Crippen molar-refractivity contribution in [1.29, 1.82) is 0 Å². The number of hydrogen-bond donors (Lipinski definition) is 2. The molecule has 188 valence electrons. The second-order valence-corrected chi connectivity index (χ2v) is 9.11. The molecule has 0 radical (unpaired) electrons. The first-order chi connectivity index (χ1) is 16.6. The standard InChI is InChI=1S/C26H30F2N2O5/c1-30(2)26(34)35-19-10-7-16(8-11-19)15-23(25(32)33)29-24(31)20-6-4-3-5-18(20)13-17-9-12-21(27)22(28)14-17/h7-12,14,18,20,23H,3-6,13,15H2,1-2H3,(H,29,31)(H,32,33)/t18-,20+,23-/m0/s1. The zero-order valence-corrected chi connectivity index (χ0v) is 19.8. The van der Waals surface area contributed by atoms with Crippen LogP contribution in [0.5, 0.6) is 5.75 Å². The van der Waals surface area contributed by atoms with Crippen LogP contribution in [-0.4, -0.2) is 48.1 Å². The van der Waals surface area contributed by atoms with Gasteiger partial charge in [0.1, 0.15) is 11.8 Å². The lowest BCUT2D eigenvalue weighted by molar-refractivity contribution is -0.143. The smallest absolute Gasteiger partial charge is 0.414 e. The molecular weight excluding hydrogens is 458 g/mol. The van der Waals surface area contributed by atoms with E-state index in [1.165, 1.54) is 11.0 Å². The maximum absolute atomic E-state index is 13.6. The fourth-order valence-corrected chi connectivity index (χ4v) is 4.37. The molecule has 7 nitrogen and oxygen atoms in total. The van der Waals surface area contributed by atoms with Gasteiger partial charge in [0.2, 0.25) is 5.91 Å². The molecule has 1 fully saturated rings. The normalized spacial score (nSPS) is 18.4. The van der Waals surface area contributed by atoms with Crippen LogP contribution < -0.4 is 10.1 Å². The molecular formula is C26H30F2N2O5. The topological polar surface area (TPSA) is 95.9 Å². The predicted octanol–water partition coefficient (Wildman–Crippen LogP) is 4.19. The summed E-state index contributed by atoms with van der Waals surface area (Å²) in [5.74, 6) is -3.52. The van der Waals surface area contributed by atoms with Crippen molar-refractivity contribution in [2.24, 2.45) is 11.8 Å². The first-order valence-corrected chi connectivity index (χ1v) is 11.6. The third kappa shape index (κ3) is 7.24. The Morgan fingerprint density at radius 2 is 1.69 bits per heavy atom. The molecule has 1 aliphatic rings. The van der Waals surface area contributed by atoms with Gasteiger partial charge in [0.15, 0.2) is 11.6 Å². The van der Waals surface area contributed by atoms with Crippen LogP contribution in [0.1, 0.15) is 36.8 Å². The number of nitrogens with zero attached hydrogens (tertiary/aromatic N) is 1. The zero-order chi connectivity index (χ0) is 25.5. The van der Waals surface area contributed by atoms with Crippen molar-refractivity contribution >= 4 is 18.0 Å². The van der Waals surface area contributed by atoms with Gasteiger partial charge in [-0.3, -0.25) is 4.79 Å². The minimum absolute atomic E-state index is 0.0591. The molecule has 0 aliphatic heterocycles. The highest BCUT2D eigenvalue weighted by molar-refractivity contribution is 5.85. The lowest BCUT2D eigenvalue weighted by Crippen LogP contribution is -2.47. The van der Waals surface area contributed by atoms with E-state index in [2.05, 4.69) is 5.32 Å². The Morgan fingerprint density at radius 1 is 1.03 bits per heavy atom. The van der Waals surface area contributed by atoms with Gasteiger partial charge in [0.25, 0.3) is 0 Å². The maximum Gasteiger partial charge on any atom is 0.414 e. The van der Waals surface area contributed by atoms with Crippen LogP contribution in [0.25, 0.3) is 0 Å². The van der Waals surface area contributed by atoms with Crippen molar-refractivity contribution in [3.63, 3.8) is 0 Å². The zero-order valence-electron chi connectivity index (χ0n) is 19.8. The summed E-state index contributed by atoms with van der Waals surface area (Å²) in [5, 5.41) is 12.4. The number of rotatable bonds is 8. The Morgan fingerprint density at radius 3 is 2.31 bits per heavy atom. The molecule has 1 saturated carbocycles. The fraction of sp³-hybridized carbons (Fsp3) is 0.423. The van der Waals surface area contributed by atoms with E-state index in [9.17, 15) is 28.3 Å². The number of carboxylic acids is 1. The van der Waals surface area contributed by atoms with Crippen LogP contribution in [0.3, 0.4) is 0 Å². The lowest BCUT2D eigenvalue weighted by Gasteiger charge is -2.31. The fourth-order valence-electron chi connectivity index (χ4n) is 4.37. The summed E-state index contributed by atoms with van der Waals surface area (Å²) >= 11 is 0. The summed E-state index contributed by atoms with van der Waals surface area (Å²) in [4.78, 5) is 37.9. The average molecular weight is 489 g/mol. The van der Waals surface area contributed by atoms with Crippen LogP contribution >= 0.6 is 0 Å². The van der Waals surface area contributed by atoms with Gasteiger partial charge < -0.3 is 20.1 Å². The summed E-state index contributed by atoms with van der Waals surface area (Å²) < 4.78 is 32.1. The number of amides is 2. The number of aliphatic carboxylic acids is 1. The van der Waals surface area contributed by atoms with E-state index in [1.54, 1.807) is 38.4 Å². The summed E-state index contributed by atoms with van der Waals surface area (Å²) in [6.45, 7) is 0. The first kappa shape index (κ1) is 26.1. The van der Waals surface area contributed by atoms with Crippen molar-refractivity contribution in [3.8, 4) is 5.75 Å². The van der Waals surface area contributed by atoms with Crippen LogP contribution in [-0.2, 0) is 22.4 Å². The molecule has 2 aromatic carbocycles. The van der Waals surface area contributed by atoms with Gasteiger partial charge in [-0.05, 0) is 60.6 Å². The molecule has 35 heavy (non-hydrogen) atoms. The van der Waals surface area contributed by atoms with Gasteiger partial charge in [-0.2, -0.15) is 0 Å². The lowest BCUT2D eigenvalue weighted by atomic mass is 9.75. The molecule has 9 heteroatoms. The third-order valence-electron chi connectivity index (χ3n) is 6.28. The van der Waals surface area contributed by atoms with Gasteiger partial charge in [-0.15, -0.1) is 0 Å². The Kier molecular flexibility index (Phi) is 8.78. The first-order valence-electron chi connectivity index (χ1n) is 11.6. The highest BCUT2D eigenvalue weighted by Gasteiger charge is 2.33. The Hall–Kier alpha value is -3.49. The molecule has 2 N–H and O–H groups in total. The molecule has 0 spiro atoms. The van der Waals surface area contributed by atoms with Crippen molar-refractivity contribution in [3.05, 3.63) is 65.2 Å². The number of ether oxygens (including phenoxy) is 1. The molecule has 0 unspecified atom stereocenters. The van der Waals surface area contributed by atoms with Crippen LogP contribution in [0.2, 0.25) is 0 Å². The highest BCUT2D eigenvalue weighted by Crippen LogP contribution is 2.33. The molecule has 0 heterocycles. The molecule has 2 aromatic rings. The van der Waals surface area contributed by atoms with Gasteiger partial charge in [0, 0.05) is 26.4 Å². The van der Waals surface area contributed by atoms with Gasteiger partial charge in [0.05, 0.1) is 0 Å². The second-order valence-electron chi connectivity index (χ2n) is 9.11. The number of nitrogens with one attached hydrogen (secondary N) is 1. The van der Waals surface area contributed by atoms with E-state index >= 15 is 0 Å². The summed E-state index contributed by atoms with van der Waals surface area (Å²) in [6, 6.07) is 9.03. The Labute approximate surface area is 203 Å². The van der Waals surface area contributed by atoms with Crippen molar-refractivity contribution in [1.82, 2.24) is 10.2 Å². The highest BCUT2D eigenvalue weighted by atomic mass is 19.2. The molecule has 2 amide bonds. The number of halogens is 2. The Balaban J connectivity index is 1.65. The van der Waals surface area contributed by atoms with Gasteiger partial charge >= 0.3 is 12.1 Å². The summed E-state index contributed by atoms with van der Waals surface area (Å²) in [6.07, 6.45) is 3.07. The second kappa shape index (κ2) is 11.8. The van der Waals surface area contributed by atoms with Crippen LogP contribution in [0.4, 0.5) is 13.6 Å². The SMILES string of the molecule is CN(C)C(=O)Oc1ccc(C[C@H](NC(=O)[C@@H]2CCCC[C@H]2Cc2ccc(F)c(F)c2)C(=O)O)cc1. The van der Waals surface area contributed by atoms with E-state index in [-0.39, 0.29) is 18.2 Å². The van der Waals surface area contributed by atoms with Crippen molar-refractivity contribution < 1.29 is 33.0 Å². The van der Waals surface area contributed by atoms with Crippen molar-refractivity contribution in [2.45, 2.75) is 44.6 Å². The predicted molar refractivity (Wildman–Crippen MR) is 125 cm³/mol. The van der Waals surface area contributed by atoms with Gasteiger partial charge in [-0.25, -0.2) is 18.4 Å². The van der Waals surface area contributed by atoms with Crippen LogP contribution in [0.15, 0.2) is 42.5 Å². The number of carboxylic acid groups (broad SMARTS) is 1. The molecule has 3 rings (SSSR count). The van der Waals surface area contributed by atoms with E-state index in [1.807, 2.05) is 0 Å². The van der Waals surface area contributed by atoms with Gasteiger partial charge in [-0.1, -0.05) is 31.0 Å². The average Bonchev–Trinajstić information content (AvgIpc) is 2.82. The van der Waals surface area contributed by atoms with Crippen LogP contribution in [0, 0.1) is 23.5 Å². The monoisotopic (exact) mass is 488 g/mol. The van der Waals surface area contributed by atoms with E-state index in [4.69, 9.17) is 4.74 Å². The van der Waals surface area contributed by atoms with E-state index in [0.29, 0.717) is 29.7 Å². The number of carbonyl (C=O) groups is 3.